The molecule has 0 radical (unpaired) electrons. The minimum absolute atomic E-state index is 0.382. The Morgan fingerprint density at radius 1 is 1.17 bits per heavy atom. The maximum atomic E-state index is 4.73. The zero-order valence-electron chi connectivity index (χ0n) is 2.18. The van der Waals surface area contributed by atoms with E-state index in [0.717, 1.165) is 11.1 Å². The van der Waals surface area contributed by atoms with Crippen LogP contribution < -0.4 is 0 Å². The Bertz CT molecular complexity index is 11.5. The van der Waals surface area contributed by atoms with Gasteiger partial charge in [-0.05, 0) is 0 Å². The first-order chi connectivity index (χ1) is 2.83. The van der Waals surface area contributed by atoms with Gasteiger partial charge in [0.25, 0.3) is 0 Å². The van der Waals surface area contributed by atoms with Crippen LogP contribution in [0.5, 0.6) is 0 Å². The Labute approximate surface area is 71.6 Å². The van der Waals surface area contributed by atoms with Crippen molar-refractivity contribution in [2.45, 2.75) is 0 Å². The van der Waals surface area contributed by atoms with Crippen LogP contribution in [0.3, 0.4) is 0 Å². The van der Waals surface area contributed by atoms with E-state index in [9.17, 15) is 0 Å². The van der Waals surface area contributed by atoms with E-state index in [0.29, 0.717) is 12.9 Å². The minimum atomic E-state index is 0.382. The molecule has 0 saturated heterocycles. The van der Waals surface area contributed by atoms with Crippen molar-refractivity contribution in [1.82, 2.24) is 0 Å². The zero-order valence-corrected chi connectivity index (χ0v) is 8.94. The molecule has 0 aliphatic carbocycles. The van der Waals surface area contributed by atoms with Crippen molar-refractivity contribution in [3.8, 4) is 0 Å². The monoisotopic (exact) mass is 346 g/mol. The van der Waals surface area contributed by atoms with Gasteiger partial charge in [0.2, 0.25) is 0 Å². The van der Waals surface area contributed by atoms with Gasteiger partial charge in [-0.15, -0.1) is 0 Å². The molecule has 0 spiro atoms. The molecular weight excluding hydrogens is 349 g/mol. The van der Waals surface area contributed by atoms with Crippen LogP contribution in [0, 0.1) is 0 Å². The van der Waals surface area contributed by atoms with Gasteiger partial charge in [-0.2, -0.15) is 0 Å². The van der Waals surface area contributed by atoms with Crippen molar-refractivity contribution >= 4 is 48.6 Å². The number of halogens is 4. The molecule has 0 aliphatic rings. The fourth-order valence-corrected chi connectivity index (χ4v) is 0. The summed E-state index contributed by atoms with van der Waals surface area (Å²) in [5.41, 5.74) is 0. The molecule has 6 heavy (non-hydrogen) atoms. The van der Waals surface area contributed by atoms with Gasteiger partial charge in [0, 0.05) is 0 Å². The average Bonchev–Trinajstić information content (AvgIpc) is 1.39. The summed E-state index contributed by atoms with van der Waals surface area (Å²) in [6.45, 7) is 0. The molecule has 0 amide bonds. The standard InChI is InChI=1S/2BrH.2ClH.2Co/h4*1H;;/q;;;;2*+2/p-4. The Hall–Kier alpha value is 2.55. The molecule has 0 heterocycles. The third kappa shape index (κ3) is 31.0. The summed E-state index contributed by atoms with van der Waals surface area (Å²) >= 11 is 7.51. The molecule has 0 unspecified atom stereocenters. The van der Waals surface area contributed by atoms with Crippen LogP contribution in [0.25, 0.3) is 0 Å². The van der Waals surface area contributed by atoms with Crippen LogP contribution in [0.15, 0.2) is 0 Å². The van der Waals surface area contributed by atoms with Gasteiger partial charge >= 0.3 is 72.6 Å². The molecule has 0 aromatic carbocycles. The molecule has 0 atom stereocenters. The molecule has 0 rings (SSSR count). The van der Waals surface area contributed by atoms with Crippen molar-refractivity contribution in [2.75, 3.05) is 0 Å². The Balaban J connectivity index is 0. The zero-order chi connectivity index (χ0) is 5.41. The van der Waals surface area contributed by atoms with Crippen LogP contribution in [-0.4, -0.2) is 0 Å². The first kappa shape index (κ1) is 11.4. The van der Waals surface area contributed by atoms with Gasteiger partial charge in [0.05, 0.1) is 0 Å². The number of hydrogen-bond acceptors (Lipinski definition) is 0. The van der Waals surface area contributed by atoms with E-state index < -0.39 is 0 Å². The van der Waals surface area contributed by atoms with E-state index >= 15 is 0 Å². The van der Waals surface area contributed by atoms with E-state index in [-0.39, 0.29) is 0 Å². The van der Waals surface area contributed by atoms with E-state index in [2.05, 4.69) is 28.3 Å². The van der Waals surface area contributed by atoms with E-state index in [4.69, 9.17) is 20.3 Å². The molecule has 0 nitrogen and oxygen atoms in total. The molecule has 0 aromatic heterocycles. The second-order valence-corrected chi connectivity index (χ2v) is 7.07. The summed E-state index contributed by atoms with van der Waals surface area (Å²) in [5.74, 6) is 0. The van der Waals surface area contributed by atoms with Crippen LogP contribution in [0.1, 0.15) is 0 Å². The van der Waals surface area contributed by atoms with Crippen molar-refractivity contribution in [3.05, 3.63) is 0 Å². The summed E-state index contributed by atoms with van der Waals surface area (Å²) in [5, 5.41) is 0. The second kappa shape index (κ2) is 15.6. The fraction of sp³-hybridized carbons (Fsp3) is 0. The van der Waals surface area contributed by atoms with Gasteiger partial charge in [-0.25, -0.2) is 0 Å². The van der Waals surface area contributed by atoms with Gasteiger partial charge < -0.3 is 0 Å². The molecule has 46 valence electrons. The maximum absolute atomic E-state index is 4.73. The van der Waals surface area contributed by atoms with Crippen LogP contribution in [-0.2, 0) is 24.0 Å². The van der Waals surface area contributed by atoms with E-state index in [1.807, 2.05) is 0 Å². The molecule has 0 bridgehead atoms. The predicted octanol–water partition coefficient (Wildman–Crippen LogP) is 3.07. The summed E-state index contributed by atoms with van der Waals surface area (Å²) in [7, 11) is 9.47. The van der Waals surface area contributed by atoms with E-state index in [1.54, 1.807) is 0 Å². The first-order valence-electron chi connectivity index (χ1n) is 0.504. The third-order valence-electron chi connectivity index (χ3n) is 0. The van der Waals surface area contributed by atoms with Crippen molar-refractivity contribution in [3.63, 3.8) is 0 Å². The molecular formula is Br2Cl2Co2. The second-order valence-electron chi connectivity index (χ2n) is 0.0952. The van der Waals surface area contributed by atoms with Gasteiger partial charge in [-0.3, -0.25) is 0 Å². The average molecular weight is 349 g/mol. The summed E-state index contributed by atoms with van der Waals surface area (Å²) in [4.78, 5) is 0. The number of hydrogen-bond donors (Lipinski definition) is 0. The van der Waals surface area contributed by atoms with Crippen molar-refractivity contribution < 1.29 is 24.0 Å². The Morgan fingerprint density at radius 3 is 1.17 bits per heavy atom. The molecule has 6 heteroatoms. The van der Waals surface area contributed by atoms with Gasteiger partial charge in [0.15, 0.2) is 0 Å². The fourth-order valence-electron chi connectivity index (χ4n) is 0. The molecule has 0 saturated carbocycles. The molecule has 0 aliphatic heterocycles. The summed E-state index contributed by atoms with van der Waals surface area (Å²) < 4.78 is 0. The molecule has 0 fully saturated rings. The first-order valence-corrected chi connectivity index (χ1v) is 8.52. The van der Waals surface area contributed by atoms with Crippen LogP contribution in [0.2, 0.25) is 0 Å². The van der Waals surface area contributed by atoms with Crippen molar-refractivity contribution in [2.24, 2.45) is 0 Å². The summed E-state index contributed by atoms with van der Waals surface area (Å²) in [6, 6.07) is 0. The van der Waals surface area contributed by atoms with Gasteiger partial charge in [0.1, 0.15) is 0 Å². The van der Waals surface area contributed by atoms with Gasteiger partial charge in [-0.1, -0.05) is 0 Å². The normalized spacial score (nSPS) is 7.33. The SMILES string of the molecule is [Br][Co][Br].[Cl][Co][Cl]. The topological polar surface area (TPSA) is 0 Å². The Morgan fingerprint density at radius 2 is 1.17 bits per heavy atom. The number of rotatable bonds is 0. The van der Waals surface area contributed by atoms with E-state index in [1.165, 1.54) is 0 Å². The van der Waals surface area contributed by atoms with Crippen molar-refractivity contribution in [1.29, 1.82) is 0 Å². The Kier molecular flexibility index (Phi) is 29.6. The third-order valence-corrected chi connectivity index (χ3v) is 0. The summed E-state index contributed by atoms with van der Waals surface area (Å²) in [6.07, 6.45) is 0. The molecule has 0 N–H and O–H groups in total. The molecule has 0 aromatic rings. The van der Waals surface area contributed by atoms with Crippen LogP contribution in [0.4, 0.5) is 0 Å². The van der Waals surface area contributed by atoms with Crippen LogP contribution >= 0.6 is 48.6 Å². The predicted molar refractivity (Wildman–Crippen MR) is 29.6 cm³/mol. The quantitative estimate of drug-likeness (QED) is 0.631.